The first kappa shape index (κ1) is 35.7. The van der Waals surface area contributed by atoms with Crippen LogP contribution in [0.4, 0.5) is 22.7 Å². The summed E-state index contributed by atoms with van der Waals surface area (Å²) in [5.41, 5.74) is 17.9. The minimum Gasteiger partial charge on any atom is -0.506 e. The molecule has 0 fully saturated rings. The highest BCUT2D eigenvalue weighted by Gasteiger charge is 2.36. The fraction of sp³-hybridized carbons (Fsp3) is 0. The molecule has 0 bridgehead atoms. The first-order valence-corrected chi connectivity index (χ1v) is 19.2. The molecule has 3 aromatic carbocycles. The van der Waals surface area contributed by atoms with Gasteiger partial charge in [-0.15, -0.1) is 7.26 Å². The first-order valence-electron chi connectivity index (χ1n) is 10.7. The van der Waals surface area contributed by atoms with Crippen LogP contribution in [0.3, 0.4) is 0 Å². The predicted molar refractivity (Wildman–Crippen MR) is 149 cm³/mol. The van der Waals surface area contributed by atoms with Crippen molar-refractivity contribution >= 4 is 83.5 Å². The summed E-state index contributed by atoms with van der Waals surface area (Å²) in [6, 6.07) is 2.62. The van der Waals surface area contributed by atoms with Crippen molar-refractivity contribution in [3.63, 3.8) is 0 Å². The van der Waals surface area contributed by atoms with E-state index in [4.69, 9.17) is 22.9 Å². The summed E-state index contributed by atoms with van der Waals surface area (Å²) in [5, 5.41) is 10.1. The molecule has 21 nitrogen and oxygen atoms in total. The third-order valence-electron chi connectivity index (χ3n) is 5.19. The molecule has 45 heavy (non-hydrogen) atoms. The van der Waals surface area contributed by atoms with Crippen molar-refractivity contribution in [2.75, 3.05) is 22.9 Å². The highest BCUT2D eigenvalue weighted by atomic mass is 32.3. The average Bonchev–Trinajstić information content (AvgIpc) is 2.83. The van der Waals surface area contributed by atoms with Gasteiger partial charge in [-0.05, 0) is 42.5 Å². The van der Waals surface area contributed by atoms with Gasteiger partial charge in [0.2, 0.25) is 0 Å². The highest BCUT2D eigenvalue weighted by molar-refractivity contribution is 8.00. The molecule has 3 aromatic rings. The lowest BCUT2D eigenvalue weighted by Crippen LogP contribution is -2.19. The summed E-state index contributed by atoms with van der Waals surface area (Å²) in [4.78, 5) is -8.31. The topological polar surface area (TPSA) is 388 Å². The lowest BCUT2D eigenvalue weighted by Gasteiger charge is -2.13. The molecule has 3 rings (SSSR count). The van der Waals surface area contributed by atoms with Gasteiger partial charge in [0.1, 0.15) is 30.2 Å². The molecule has 0 unspecified atom stereocenters. The zero-order valence-corrected chi connectivity index (χ0v) is 26.3. The second kappa shape index (κ2) is 11.2. The van der Waals surface area contributed by atoms with E-state index in [9.17, 15) is 64.7 Å². The Morgan fingerprint density at radius 2 is 0.800 bits per heavy atom. The van der Waals surface area contributed by atoms with Crippen molar-refractivity contribution in [2.24, 2.45) is 0 Å². The summed E-state index contributed by atoms with van der Waals surface area (Å²) < 4.78 is 175. The van der Waals surface area contributed by atoms with Gasteiger partial charge >= 0.3 is 40.5 Å². The summed E-state index contributed by atoms with van der Waals surface area (Å²) in [6.07, 6.45) is 0. The zero-order valence-electron chi connectivity index (χ0n) is 21.4. The Morgan fingerprint density at radius 3 is 1.18 bits per heavy atom. The number of nitrogens with two attached hydrogens (primary N) is 4. The fourth-order valence-electron chi connectivity index (χ4n) is 3.32. The summed E-state index contributed by atoms with van der Waals surface area (Å²) >= 11 is 0. The van der Waals surface area contributed by atoms with Crippen molar-refractivity contribution in [3.05, 3.63) is 42.5 Å². The Labute approximate surface area is 255 Å². The molecule has 0 heterocycles. The Morgan fingerprint density at radius 1 is 0.467 bits per heavy atom. The van der Waals surface area contributed by atoms with Crippen LogP contribution in [0.15, 0.2) is 71.8 Å². The van der Waals surface area contributed by atoms with Gasteiger partial charge in [0.05, 0.1) is 16.3 Å². The van der Waals surface area contributed by atoms with Crippen molar-refractivity contribution < 1.29 is 72.0 Å². The zero-order chi connectivity index (χ0) is 34.7. The second-order valence-electron chi connectivity index (χ2n) is 8.39. The molecule has 0 atom stereocenters. The Balaban J connectivity index is 2.10. The monoisotopic (exact) mass is 754 g/mol. The highest BCUT2D eigenvalue weighted by Crippen LogP contribution is 2.36. The van der Waals surface area contributed by atoms with E-state index in [0.29, 0.717) is 36.4 Å². The van der Waals surface area contributed by atoms with Gasteiger partial charge < -0.3 is 28.0 Å². The number of phenolic OH excluding ortho intramolecular Hbond substituents is 1. The molecular weight excluding hydrogens is 737 g/mol. The molecule has 0 spiro atoms. The third-order valence-corrected chi connectivity index (χ3v) is 13.3. The molecule has 0 aliphatic rings. The lowest BCUT2D eigenvalue weighted by molar-refractivity contribution is 0.438. The number of anilines is 4. The van der Waals surface area contributed by atoms with Crippen LogP contribution in [-0.2, 0) is 68.0 Å². The van der Waals surface area contributed by atoms with E-state index in [1.165, 1.54) is 0 Å². The summed E-state index contributed by atoms with van der Waals surface area (Å²) in [6.45, 7) is 0. The van der Waals surface area contributed by atoms with Crippen molar-refractivity contribution in [3.8, 4) is 5.75 Å². The van der Waals surface area contributed by atoms with Gasteiger partial charge in [0.15, 0.2) is 0 Å². The predicted octanol–water partition coefficient (Wildman–Crippen LogP) is -1.60. The molecule has 0 saturated carbocycles. The number of hydrogen-bond acceptors (Lipinski definition) is 19. The van der Waals surface area contributed by atoms with Gasteiger partial charge in [-0.2, -0.15) is 50.5 Å². The van der Waals surface area contributed by atoms with Crippen LogP contribution >= 0.6 is 0 Å². The number of benzene rings is 3. The molecule has 248 valence electrons. The van der Waals surface area contributed by atoms with E-state index < -0.39 is 119 Å². The quantitative estimate of drug-likeness (QED) is 0.0905. The standard InChI is InChI=1S/C18H18N4O17S6/c19-8-3-13(40(24,25)26)17(21)15(5-8)44(34,35)38-42(30,31)10-1-2-11(23)12(7-10)43(32,33)39-45(36,37)16-6-9(20)4-14(18(16)22)41(27,28)29/h1-7,23H,19-22H2,(H,24,25,26)(H,27,28,29). The van der Waals surface area contributed by atoms with E-state index in [1.54, 1.807) is 0 Å². The molecule has 11 N–H and O–H groups in total. The van der Waals surface area contributed by atoms with Crippen LogP contribution in [0, 0.1) is 0 Å². The van der Waals surface area contributed by atoms with Crippen LogP contribution in [-0.4, -0.2) is 64.7 Å². The molecule has 0 saturated heterocycles. The molecule has 0 aliphatic heterocycles. The van der Waals surface area contributed by atoms with Gasteiger partial charge in [0.25, 0.3) is 20.2 Å². The van der Waals surface area contributed by atoms with E-state index in [0.717, 1.165) is 0 Å². The minimum atomic E-state index is -5.83. The van der Waals surface area contributed by atoms with E-state index >= 15 is 0 Å². The molecule has 0 aromatic heterocycles. The number of phenols is 1. The number of rotatable bonds is 10. The fourth-order valence-corrected chi connectivity index (χ4v) is 10.4. The van der Waals surface area contributed by atoms with Crippen LogP contribution in [0.5, 0.6) is 5.75 Å². The SMILES string of the molecule is Nc1cc(S(=O)(=O)O)c(N)c(S(=O)(=O)OS(=O)(=O)c2ccc(O)c(S(=O)(=O)OS(=O)(=O)c3cc(N)cc(S(=O)(=O)O)c3N)c2)c1. The maximum atomic E-state index is 12.9. The molecule has 0 radical (unpaired) electrons. The average molecular weight is 755 g/mol. The van der Waals surface area contributed by atoms with Crippen LogP contribution in [0.25, 0.3) is 0 Å². The van der Waals surface area contributed by atoms with Gasteiger partial charge in [-0.1, -0.05) is 0 Å². The maximum Gasteiger partial charge on any atom is 0.315 e. The van der Waals surface area contributed by atoms with Crippen LogP contribution in [0.2, 0.25) is 0 Å². The second-order valence-corrected chi connectivity index (χ2v) is 17.7. The third kappa shape index (κ3) is 7.37. The van der Waals surface area contributed by atoms with Gasteiger partial charge in [-0.25, -0.2) is 0 Å². The number of hydrogen-bond donors (Lipinski definition) is 7. The minimum absolute atomic E-state index is 0.0241. The number of nitrogen functional groups attached to an aromatic ring is 4. The normalized spacial score (nSPS) is 13.5. The molecule has 0 amide bonds. The maximum absolute atomic E-state index is 12.9. The van der Waals surface area contributed by atoms with Gasteiger partial charge in [0, 0.05) is 11.4 Å². The molecule has 0 aliphatic carbocycles. The van der Waals surface area contributed by atoms with Crippen LogP contribution in [0.1, 0.15) is 0 Å². The number of aromatic hydroxyl groups is 1. The Kier molecular flexibility index (Phi) is 8.90. The van der Waals surface area contributed by atoms with Crippen molar-refractivity contribution in [2.45, 2.75) is 29.4 Å². The van der Waals surface area contributed by atoms with Crippen molar-refractivity contribution in [1.29, 1.82) is 0 Å². The van der Waals surface area contributed by atoms with E-state index in [2.05, 4.69) is 7.26 Å². The van der Waals surface area contributed by atoms with E-state index in [-0.39, 0.29) is 6.07 Å². The lowest BCUT2D eigenvalue weighted by atomic mass is 10.3. The smallest absolute Gasteiger partial charge is 0.315 e. The van der Waals surface area contributed by atoms with Crippen molar-refractivity contribution in [1.82, 2.24) is 0 Å². The summed E-state index contributed by atoms with van der Waals surface area (Å²) in [5.74, 6) is -1.37. The Bertz CT molecular complexity index is 2430. The van der Waals surface area contributed by atoms with E-state index in [1.807, 2.05) is 0 Å². The molecular formula is C18H18N4O17S6. The van der Waals surface area contributed by atoms with Crippen LogP contribution < -0.4 is 22.9 Å². The first-order chi connectivity index (χ1) is 20.1. The van der Waals surface area contributed by atoms with Gasteiger partial charge in [-0.3, -0.25) is 9.11 Å². The largest absolute Gasteiger partial charge is 0.506 e. The Hall–Kier alpha value is -3.80. The summed E-state index contributed by atoms with van der Waals surface area (Å²) in [7, 11) is -33.3. The molecule has 27 heteroatoms.